The fourth-order valence-electron chi connectivity index (χ4n) is 2.59. The van der Waals surface area contributed by atoms with E-state index in [2.05, 4.69) is 5.32 Å². The first-order chi connectivity index (χ1) is 13.5. The van der Waals surface area contributed by atoms with E-state index in [1.165, 1.54) is 12.1 Å². The lowest BCUT2D eigenvalue weighted by atomic mass is 10.0. The summed E-state index contributed by atoms with van der Waals surface area (Å²) in [6, 6.07) is 21.1. The van der Waals surface area contributed by atoms with Crippen molar-refractivity contribution in [2.75, 3.05) is 11.9 Å². The van der Waals surface area contributed by atoms with Crippen molar-refractivity contribution >= 4 is 29.2 Å². The zero-order chi connectivity index (χ0) is 19.9. The number of carbonyl (C=O) groups excluding carboxylic acids is 2. The van der Waals surface area contributed by atoms with E-state index in [9.17, 15) is 14.0 Å². The van der Waals surface area contributed by atoms with Gasteiger partial charge in [0.1, 0.15) is 5.82 Å². The smallest absolute Gasteiger partial charge is 0.310 e. The number of hydrogen-bond acceptors (Lipinski definition) is 3. The summed E-state index contributed by atoms with van der Waals surface area (Å²) in [7, 11) is 0. The second-order valence-electron chi connectivity index (χ2n) is 6.07. The van der Waals surface area contributed by atoms with Crippen molar-refractivity contribution < 1.29 is 18.7 Å². The van der Waals surface area contributed by atoms with Crippen LogP contribution in [0.2, 0.25) is 5.02 Å². The number of amides is 1. The maximum absolute atomic E-state index is 13.0. The number of hydrogen-bond donors (Lipinski definition) is 1. The molecule has 0 heterocycles. The zero-order valence-electron chi connectivity index (χ0n) is 14.8. The van der Waals surface area contributed by atoms with Crippen molar-refractivity contribution in [3.8, 4) is 11.1 Å². The lowest BCUT2D eigenvalue weighted by molar-refractivity contribution is -0.146. The molecule has 28 heavy (non-hydrogen) atoms. The van der Waals surface area contributed by atoms with Gasteiger partial charge < -0.3 is 10.1 Å². The van der Waals surface area contributed by atoms with Crippen LogP contribution in [-0.4, -0.2) is 18.5 Å². The molecule has 1 amide bonds. The number of ether oxygens (including phenoxy) is 1. The Morgan fingerprint density at radius 2 is 1.61 bits per heavy atom. The Morgan fingerprint density at radius 3 is 2.29 bits per heavy atom. The summed E-state index contributed by atoms with van der Waals surface area (Å²) in [6.07, 6.45) is 0.0552. The molecule has 0 fully saturated rings. The molecule has 6 heteroatoms. The van der Waals surface area contributed by atoms with E-state index >= 15 is 0 Å². The summed E-state index contributed by atoms with van der Waals surface area (Å²) in [5, 5.41) is 2.54. The number of nitrogens with one attached hydrogen (secondary N) is 1. The van der Waals surface area contributed by atoms with Gasteiger partial charge in [0.2, 0.25) is 0 Å². The molecule has 0 unspecified atom stereocenters. The van der Waals surface area contributed by atoms with Crippen LogP contribution < -0.4 is 5.32 Å². The van der Waals surface area contributed by atoms with E-state index < -0.39 is 24.3 Å². The largest absolute Gasteiger partial charge is 0.455 e. The minimum absolute atomic E-state index is 0.0552. The predicted octanol–water partition coefficient (Wildman–Crippen LogP) is 4.87. The maximum atomic E-state index is 13.0. The third kappa shape index (κ3) is 5.41. The molecule has 0 atom stereocenters. The number of esters is 1. The quantitative estimate of drug-likeness (QED) is 0.604. The summed E-state index contributed by atoms with van der Waals surface area (Å²) >= 11 is 5.84. The molecule has 0 aliphatic rings. The van der Waals surface area contributed by atoms with Crippen molar-refractivity contribution in [3.05, 3.63) is 89.2 Å². The van der Waals surface area contributed by atoms with Gasteiger partial charge in [-0.15, -0.1) is 0 Å². The van der Waals surface area contributed by atoms with E-state index in [4.69, 9.17) is 16.3 Å². The Kier molecular flexibility index (Phi) is 6.40. The van der Waals surface area contributed by atoms with Gasteiger partial charge in [-0.2, -0.15) is 0 Å². The first kappa shape index (κ1) is 19.6. The van der Waals surface area contributed by atoms with E-state index in [0.29, 0.717) is 0 Å². The van der Waals surface area contributed by atoms with Gasteiger partial charge in [-0.3, -0.25) is 9.59 Å². The summed E-state index contributed by atoms with van der Waals surface area (Å²) in [4.78, 5) is 23.8. The van der Waals surface area contributed by atoms with Crippen LogP contribution in [-0.2, 0) is 20.7 Å². The summed E-state index contributed by atoms with van der Waals surface area (Å²) in [5.41, 5.74) is 3.17. The first-order valence-corrected chi connectivity index (χ1v) is 8.94. The van der Waals surface area contributed by atoms with Crippen molar-refractivity contribution in [2.24, 2.45) is 0 Å². The first-order valence-electron chi connectivity index (χ1n) is 8.56. The molecule has 0 bridgehead atoms. The Morgan fingerprint density at radius 1 is 0.929 bits per heavy atom. The average molecular weight is 398 g/mol. The van der Waals surface area contributed by atoms with Crippen LogP contribution in [0.1, 0.15) is 5.56 Å². The minimum atomic E-state index is -0.554. The molecule has 0 saturated heterocycles. The Hall–Kier alpha value is -3.18. The van der Waals surface area contributed by atoms with Crippen LogP contribution in [0.25, 0.3) is 11.1 Å². The van der Waals surface area contributed by atoms with Crippen molar-refractivity contribution in [2.45, 2.75) is 6.42 Å². The highest BCUT2D eigenvalue weighted by Gasteiger charge is 2.11. The standard InChI is InChI=1S/C22H17ClFNO3/c23-19-13-18(24)10-11-20(19)25-21(26)14-28-22(27)12-15-6-8-17(9-7-15)16-4-2-1-3-5-16/h1-11,13H,12,14H2,(H,25,26). The van der Waals surface area contributed by atoms with Gasteiger partial charge in [0.15, 0.2) is 6.61 Å². The summed E-state index contributed by atoms with van der Waals surface area (Å²) in [6.45, 7) is -0.450. The van der Waals surface area contributed by atoms with Gasteiger partial charge in [-0.1, -0.05) is 66.2 Å². The molecule has 142 valence electrons. The Bertz CT molecular complexity index is 975. The number of halogens is 2. The molecule has 4 nitrogen and oxygen atoms in total. The fourth-order valence-corrected chi connectivity index (χ4v) is 2.80. The topological polar surface area (TPSA) is 55.4 Å². The lowest BCUT2D eigenvalue weighted by Gasteiger charge is -2.08. The molecule has 3 rings (SSSR count). The minimum Gasteiger partial charge on any atom is -0.455 e. The highest BCUT2D eigenvalue weighted by atomic mass is 35.5. The lowest BCUT2D eigenvalue weighted by Crippen LogP contribution is -2.21. The molecule has 0 spiro atoms. The number of carbonyl (C=O) groups is 2. The monoisotopic (exact) mass is 397 g/mol. The maximum Gasteiger partial charge on any atom is 0.310 e. The highest BCUT2D eigenvalue weighted by molar-refractivity contribution is 6.33. The predicted molar refractivity (Wildman–Crippen MR) is 107 cm³/mol. The number of benzene rings is 3. The van der Waals surface area contributed by atoms with Crippen LogP contribution in [0.3, 0.4) is 0 Å². The van der Waals surface area contributed by atoms with Gasteiger partial charge in [0, 0.05) is 0 Å². The molecule has 0 aliphatic heterocycles. The van der Waals surface area contributed by atoms with Crippen LogP contribution in [0.4, 0.5) is 10.1 Å². The third-order valence-corrected chi connectivity index (χ3v) is 4.29. The molecule has 0 aromatic heterocycles. The van der Waals surface area contributed by atoms with Crippen molar-refractivity contribution in [1.82, 2.24) is 0 Å². The Balaban J connectivity index is 1.49. The van der Waals surface area contributed by atoms with E-state index in [0.717, 1.165) is 22.8 Å². The SMILES string of the molecule is O=C(COC(=O)Cc1ccc(-c2ccccc2)cc1)Nc1ccc(F)cc1Cl. The van der Waals surface area contributed by atoms with Gasteiger partial charge in [-0.05, 0) is 34.9 Å². The average Bonchev–Trinajstić information content (AvgIpc) is 2.70. The zero-order valence-corrected chi connectivity index (χ0v) is 15.6. The van der Waals surface area contributed by atoms with E-state index in [1.54, 1.807) is 0 Å². The summed E-state index contributed by atoms with van der Waals surface area (Å²) in [5.74, 6) is -1.58. The van der Waals surface area contributed by atoms with Crippen molar-refractivity contribution in [1.29, 1.82) is 0 Å². The highest BCUT2D eigenvalue weighted by Crippen LogP contribution is 2.22. The normalized spacial score (nSPS) is 10.4. The second kappa shape index (κ2) is 9.15. The van der Waals surface area contributed by atoms with Gasteiger partial charge >= 0.3 is 5.97 Å². The van der Waals surface area contributed by atoms with Gasteiger partial charge in [0.25, 0.3) is 5.91 Å². The molecule has 3 aromatic carbocycles. The molecule has 0 radical (unpaired) electrons. The molecule has 1 N–H and O–H groups in total. The second-order valence-corrected chi connectivity index (χ2v) is 6.48. The molecular weight excluding hydrogens is 381 g/mol. The van der Waals surface area contributed by atoms with E-state index in [1.807, 2.05) is 54.6 Å². The van der Waals surface area contributed by atoms with Crippen molar-refractivity contribution in [3.63, 3.8) is 0 Å². The van der Waals surface area contributed by atoms with Crippen LogP contribution >= 0.6 is 11.6 Å². The third-order valence-electron chi connectivity index (χ3n) is 3.98. The number of rotatable bonds is 6. The number of anilines is 1. The van der Waals surface area contributed by atoms with Gasteiger partial charge in [-0.25, -0.2) is 4.39 Å². The molecular formula is C22H17ClFNO3. The fraction of sp³-hybridized carbons (Fsp3) is 0.0909. The molecule has 0 aliphatic carbocycles. The molecule has 3 aromatic rings. The van der Waals surface area contributed by atoms with E-state index in [-0.39, 0.29) is 17.1 Å². The molecule has 0 saturated carbocycles. The summed E-state index contributed by atoms with van der Waals surface area (Å²) < 4.78 is 18.0. The van der Waals surface area contributed by atoms with Crippen LogP contribution in [0.5, 0.6) is 0 Å². The van der Waals surface area contributed by atoms with Crippen LogP contribution in [0.15, 0.2) is 72.8 Å². The Labute approximate surface area is 166 Å². The van der Waals surface area contributed by atoms with Gasteiger partial charge in [0.05, 0.1) is 17.1 Å². The van der Waals surface area contributed by atoms with Crippen LogP contribution in [0, 0.1) is 5.82 Å².